The maximum absolute atomic E-state index is 11.4. The van der Waals surface area contributed by atoms with Gasteiger partial charge < -0.3 is 11.1 Å². The summed E-state index contributed by atoms with van der Waals surface area (Å²) >= 11 is 0. The fourth-order valence-electron chi connectivity index (χ4n) is 1.61. The highest BCUT2D eigenvalue weighted by atomic mass is 32.2. The number of rotatable bonds is 5. The Morgan fingerprint density at radius 3 is 2.35 bits per heavy atom. The molecule has 17 heavy (non-hydrogen) atoms. The molecular weight excluding hydrogens is 238 g/mol. The first-order valence-corrected chi connectivity index (χ1v) is 7.12. The van der Waals surface area contributed by atoms with Crippen molar-refractivity contribution in [3.8, 4) is 0 Å². The van der Waals surface area contributed by atoms with E-state index in [-0.39, 0.29) is 10.9 Å². The lowest BCUT2D eigenvalue weighted by molar-refractivity contribution is 0.597. The van der Waals surface area contributed by atoms with E-state index in [0.29, 0.717) is 11.4 Å². The highest BCUT2D eigenvalue weighted by molar-refractivity contribution is 7.89. The molecule has 0 heterocycles. The van der Waals surface area contributed by atoms with Gasteiger partial charge in [0.25, 0.3) is 0 Å². The summed E-state index contributed by atoms with van der Waals surface area (Å²) in [6.45, 7) is 4.07. The van der Waals surface area contributed by atoms with E-state index in [1.54, 1.807) is 12.1 Å². The highest BCUT2D eigenvalue weighted by Gasteiger charge is 2.16. The third-order valence-corrected chi connectivity index (χ3v) is 3.61. The molecule has 0 aliphatic rings. The van der Waals surface area contributed by atoms with E-state index >= 15 is 0 Å². The third kappa shape index (κ3) is 3.61. The molecule has 0 aliphatic carbocycles. The van der Waals surface area contributed by atoms with Gasteiger partial charge in [-0.25, -0.2) is 13.6 Å². The van der Waals surface area contributed by atoms with Gasteiger partial charge in [-0.1, -0.05) is 13.8 Å². The van der Waals surface area contributed by atoms with Crippen LogP contribution < -0.4 is 16.2 Å². The largest absolute Gasteiger partial charge is 0.399 e. The third-order valence-electron chi connectivity index (χ3n) is 2.66. The van der Waals surface area contributed by atoms with E-state index in [1.807, 2.05) is 13.8 Å². The van der Waals surface area contributed by atoms with Crippen molar-refractivity contribution in [1.82, 2.24) is 0 Å². The smallest absolute Gasteiger partial charge is 0.240 e. The zero-order valence-corrected chi connectivity index (χ0v) is 10.9. The first-order valence-electron chi connectivity index (χ1n) is 5.57. The van der Waals surface area contributed by atoms with Gasteiger partial charge in [-0.15, -0.1) is 0 Å². The highest BCUT2D eigenvalue weighted by Crippen LogP contribution is 2.24. The fourth-order valence-corrected chi connectivity index (χ4v) is 2.34. The van der Waals surface area contributed by atoms with E-state index in [1.165, 1.54) is 6.07 Å². The van der Waals surface area contributed by atoms with Crippen LogP contribution in [-0.4, -0.2) is 14.5 Å². The second kappa shape index (κ2) is 5.37. The minimum Gasteiger partial charge on any atom is -0.399 e. The second-order valence-corrected chi connectivity index (χ2v) is 5.49. The standard InChI is InChI=1S/C11H19N3O2S/c1-3-9(4-2)14-10-6-5-8(12)7-11(10)17(13,15)16/h5-7,9,14H,3-4,12H2,1-2H3,(H2,13,15,16). The van der Waals surface area contributed by atoms with Gasteiger partial charge >= 0.3 is 0 Å². The zero-order chi connectivity index (χ0) is 13.1. The predicted molar refractivity (Wildman–Crippen MR) is 70.2 cm³/mol. The molecule has 0 aromatic heterocycles. The summed E-state index contributed by atoms with van der Waals surface area (Å²) in [6, 6.07) is 4.89. The Morgan fingerprint density at radius 2 is 1.88 bits per heavy atom. The fraction of sp³-hybridized carbons (Fsp3) is 0.455. The van der Waals surface area contributed by atoms with Crippen LogP contribution in [0.5, 0.6) is 0 Å². The van der Waals surface area contributed by atoms with E-state index in [2.05, 4.69) is 5.32 Å². The number of nitrogens with one attached hydrogen (secondary N) is 1. The molecule has 1 aromatic carbocycles. The summed E-state index contributed by atoms with van der Waals surface area (Å²) in [7, 11) is -3.76. The second-order valence-electron chi connectivity index (χ2n) is 3.96. The van der Waals surface area contributed by atoms with Crippen LogP contribution in [0.15, 0.2) is 23.1 Å². The predicted octanol–water partition coefficient (Wildman–Crippen LogP) is 1.52. The summed E-state index contributed by atoms with van der Waals surface area (Å²) < 4.78 is 22.9. The lowest BCUT2D eigenvalue weighted by Crippen LogP contribution is -2.21. The van der Waals surface area contributed by atoms with Crippen molar-refractivity contribution in [2.45, 2.75) is 37.6 Å². The van der Waals surface area contributed by atoms with E-state index < -0.39 is 10.0 Å². The van der Waals surface area contributed by atoms with Crippen LogP contribution in [0.2, 0.25) is 0 Å². The summed E-state index contributed by atoms with van der Waals surface area (Å²) in [5, 5.41) is 8.33. The van der Waals surface area contributed by atoms with Crippen LogP contribution in [0.3, 0.4) is 0 Å². The number of benzene rings is 1. The van der Waals surface area contributed by atoms with E-state index in [9.17, 15) is 8.42 Å². The molecule has 0 fully saturated rings. The van der Waals surface area contributed by atoms with Crippen molar-refractivity contribution < 1.29 is 8.42 Å². The SMILES string of the molecule is CCC(CC)Nc1ccc(N)cc1S(N)(=O)=O. The van der Waals surface area contributed by atoms with Gasteiger partial charge in [-0.2, -0.15) is 0 Å². The maximum Gasteiger partial charge on any atom is 0.240 e. The van der Waals surface area contributed by atoms with Crippen molar-refractivity contribution >= 4 is 21.4 Å². The summed E-state index contributed by atoms with van der Waals surface area (Å²) in [4.78, 5) is 0.0457. The normalized spacial score (nSPS) is 11.8. The maximum atomic E-state index is 11.4. The summed E-state index contributed by atoms with van der Waals surface area (Å²) in [5.74, 6) is 0. The molecule has 0 unspecified atom stereocenters. The molecular formula is C11H19N3O2S. The number of anilines is 2. The quantitative estimate of drug-likeness (QED) is 0.696. The summed E-state index contributed by atoms with van der Waals surface area (Å²) in [6.07, 6.45) is 1.82. The first-order chi connectivity index (χ1) is 7.88. The minimum atomic E-state index is -3.76. The minimum absolute atomic E-state index is 0.0457. The molecule has 0 amide bonds. The van der Waals surface area contributed by atoms with Crippen molar-refractivity contribution in [1.29, 1.82) is 0 Å². The Morgan fingerprint density at radius 1 is 1.29 bits per heavy atom. The molecule has 0 saturated heterocycles. The van der Waals surface area contributed by atoms with Gasteiger partial charge in [0.15, 0.2) is 0 Å². The van der Waals surface area contributed by atoms with Crippen molar-refractivity contribution in [3.63, 3.8) is 0 Å². The van der Waals surface area contributed by atoms with Crippen LogP contribution in [0.4, 0.5) is 11.4 Å². The Bertz CT molecular complexity index is 481. The molecule has 0 radical (unpaired) electrons. The Kier molecular flexibility index (Phi) is 4.36. The van der Waals surface area contributed by atoms with Crippen LogP contribution in [0.1, 0.15) is 26.7 Å². The molecule has 1 aromatic rings. The Labute approximate surface area is 102 Å². The number of nitrogen functional groups attached to an aromatic ring is 1. The molecule has 1 rings (SSSR count). The number of hydrogen-bond donors (Lipinski definition) is 3. The topological polar surface area (TPSA) is 98.2 Å². The van der Waals surface area contributed by atoms with Crippen LogP contribution in [-0.2, 0) is 10.0 Å². The van der Waals surface area contributed by atoms with E-state index in [4.69, 9.17) is 10.9 Å². The van der Waals surface area contributed by atoms with Crippen molar-refractivity contribution in [3.05, 3.63) is 18.2 Å². The molecule has 0 saturated carbocycles. The van der Waals surface area contributed by atoms with Gasteiger partial charge in [0.1, 0.15) is 4.90 Å². The Balaban J connectivity index is 3.16. The average molecular weight is 257 g/mol. The monoisotopic (exact) mass is 257 g/mol. The molecule has 5 N–H and O–H groups in total. The number of primary sulfonamides is 1. The first kappa shape index (κ1) is 13.8. The van der Waals surface area contributed by atoms with Gasteiger partial charge in [0, 0.05) is 11.7 Å². The average Bonchev–Trinajstić information content (AvgIpc) is 2.26. The van der Waals surface area contributed by atoms with Gasteiger partial charge in [-0.05, 0) is 31.0 Å². The van der Waals surface area contributed by atoms with Gasteiger partial charge in [0.2, 0.25) is 10.0 Å². The van der Waals surface area contributed by atoms with Crippen molar-refractivity contribution in [2.75, 3.05) is 11.1 Å². The zero-order valence-electron chi connectivity index (χ0n) is 10.1. The molecule has 0 atom stereocenters. The molecule has 0 bridgehead atoms. The van der Waals surface area contributed by atoms with Crippen LogP contribution in [0, 0.1) is 0 Å². The molecule has 0 spiro atoms. The number of nitrogens with two attached hydrogens (primary N) is 2. The molecule has 0 aliphatic heterocycles. The van der Waals surface area contributed by atoms with Gasteiger partial charge in [-0.3, -0.25) is 0 Å². The van der Waals surface area contributed by atoms with Gasteiger partial charge in [0.05, 0.1) is 5.69 Å². The van der Waals surface area contributed by atoms with E-state index in [0.717, 1.165) is 12.8 Å². The van der Waals surface area contributed by atoms with Crippen LogP contribution >= 0.6 is 0 Å². The van der Waals surface area contributed by atoms with Crippen LogP contribution in [0.25, 0.3) is 0 Å². The lowest BCUT2D eigenvalue weighted by atomic mass is 10.1. The number of sulfonamides is 1. The Hall–Kier alpha value is -1.27. The number of hydrogen-bond acceptors (Lipinski definition) is 4. The van der Waals surface area contributed by atoms with Crippen molar-refractivity contribution in [2.24, 2.45) is 5.14 Å². The molecule has 6 heteroatoms. The lowest BCUT2D eigenvalue weighted by Gasteiger charge is -2.18. The molecule has 5 nitrogen and oxygen atoms in total. The molecule has 96 valence electrons. The summed E-state index contributed by atoms with van der Waals surface area (Å²) in [5.41, 5.74) is 6.46.